The molecule has 1 atom stereocenters. The highest BCUT2D eigenvalue weighted by atomic mass is 16.1. The second-order valence-electron chi connectivity index (χ2n) is 7.65. The summed E-state index contributed by atoms with van der Waals surface area (Å²) in [6, 6.07) is 19.9. The van der Waals surface area contributed by atoms with Crippen LogP contribution in [-0.4, -0.2) is 46.7 Å². The molecule has 3 aromatic rings. The van der Waals surface area contributed by atoms with Crippen LogP contribution in [0.25, 0.3) is 22.5 Å². The Bertz CT molecular complexity index is 914. The van der Waals surface area contributed by atoms with Gasteiger partial charge in [0.2, 0.25) is 0 Å². The van der Waals surface area contributed by atoms with Gasteiger partial charge in [0.15, 0.2) is 0 Å². The standard InChI is InChI=1S/C25H32N4O/c1-4-29(5-2)17-9-10-19(3)26-25(30)22-15-13-21(14-16-22)24-18-23(27-28-24)20-11-7-6-8-12-20/h6-8,11-16,18-19H,4-5,9-10,17H2,1-3H3,(H,26,30)(H,27,28)/t19-/m0/s1. The number of hydrogen-bond acceptors (Lipinski definition) is 3. The molecule has 0 radical (unpaired) electrons. The fourth-order valence-corrected chi connectivity index (χ4v) is 3.57. The van der Waals surface area contributed by atoms with Crippen molar-refractivity contribution in [2.24, 2.45) is 0 Å². The average molecular weight is 405 g/mol. The Kier molecular flexibility index (Phi) is 7.80. The Labute approximate surface area is 179 Å². The van der Waals surface area contributed by atoms with Gasteiger partial charge in [-0.3, -0.25) is 9.89 Å². The van der Waals surface area contributed by atoms with Crippen molar-refractivity contribution < 1.29 is 4.79 Å². The third-order valence-corrected chi connectivity index (χ3v) is 5.49. The van der Waals surface area contributed by atoms with Crippen molar-refractivity contribution in [2.75, 3.05) is 19.6 Å². The Morgan fingerprint density at radius 3 is 2.40 bits per heavy atom. The normalized spacial score (nSPS) is 12.1. The van der Waals surface area contributed by atoms with Gasteiger partial charge in [-0.1, -0.05) is 56.3 Å². The highest BCUT2D eigenvalue weighted by Gasteiger charge is 2.11. The largest absolute Gasteiger partial charge is 0.350 e. The lowest BCUT2D eigenvalue weighted by Crippen LogP contribution is -2.33. The van der Waals surface area contributed by atoms with Gasteiger partial charge >= 0.3 is 0 Å². The number of aromatic nitrogens is 2. The molecule has 2 aromatic carbocycles. The van der Waals surface area contributed by atoms with E-state index in [0.29, 0.717) is 5.56 Å². The van der Waals surface area contributed by atoms with Crippen molar-refractivity contribution in [3.63, 3.8) is 0 Å². The van der Waals surface area contributed by atoms with E-state index in [2.05, 4.69) is 41.2 Å². The van der Waals surface area contributed by atoms with E-state index in [4.69, 9.17) is 0 Å². The second kappa shape index (κ2) is 10.7. The summed E-state index contributed by atoms with van der Waals surface area (Å²) in [4.78, 5) is 15.0. The summed E-state index contributed by atoms with van der Waals surface area (Å²) in [6.45, 7) is 9.68. The van der Waals surface area contributed by atoms with Crippen molar-refractivity contribution in [3.05, 3.63) is 66.2 Å². The van der Waals surface area contributed by atoms with Crippen LogP contribution in [0.3, 0.4) is 0 Å². The number of hydrogen-bond donors (Lipinski definition) is 2. The molecule has 1 aromatic heterocycles. The van der Waals surface area contributed by atoms with Gasteiger partial charge in [-0.05, 0) is 63.2 Å². The van der Waals surface area contributed by atoms with Gasteiger partial charge in [0, 0.05) is 17.2 Å². The Balaban J connectivity index is 1.55. The van der Waals surface area contributed by atoms with Crippen molar-refractivity contribution in [1.29, 1.82) is 0 Å². The first kappa shape index (κ1) is 21.8. The van der Waals surface area contributed by atoms with Gasteiger partial charge in [-0.2, -0.15) is 5.10 Å². The zero-order valence-electron chi connectivity index (χ0n) is 18.2. The number of nitrogens with zero attached hydrogens (tertiary/aromatic N) is 2. The summed E-state index contributed by atoms with van der Waals surface area (Å²) in [6.07, 6.45) is 2.07. The molecule has 0 aliphatic carbocycles. The van der Waals surface area contributed by atoms with Gasteiger partial charge in [0.1, 0.15) is 0 Å². The molecule has 1 heterocycles. The Hall–Kier alpha value is -2.92. The lowest BCUT2D eigenvalue weighted by molar-refractivity contribution is 0.0937. The topological polar surface area (TPSA) is 61.0 Å². The third kappa shape index (κ3) is 5.80. The molecular formula is C25H32N4O. The number of rotatable bonds is 10. The zero-order valence-corrected chi connectivity index (χ0v) is 18.2. The van der Waals surface area contributed by atoms with Gasteiger partial charge in [-0.15, -0.1) is 0 Å². The van der Waals surface area contributed by atoms with Crippen LogP contribution in [0.2, 0.25) is 0 Å². The number of H-pyrrole nitrogens is 1. The molecule has 0 fully saturated rings. The maximum atomic E-state index is 12.6. The predicted octanol–water partition coefficient (Wildman–Crippen LogP) is 4.98. The first-order valence-electron chi connectivity index (χ1n) is 10.8. The fourth-order valence-electron chi connectivity index (χ4n) is 3.57. The van der Waals surface area contributed by atoms with Crippen LogP contribution >= 0.6 is 0 Å². The van der Waals surface area contributed by atoms with Crippen molar-refractivity contribution in [1.82, 2.24) is 20.4 Å². The highest BCUT2D eigenvalue weighted by molar-refractivity contribution is 5.94. The zero-order chi connectivity index (χ0) is 21.3. The van der Waals surface area contributed by atoms with E-state index in [0.717, 1.165) is 55.0 Å². The summed E-state index contributed by atoms with van der Waals surface area (Å²) in [5, 5.41) is 10.6. The van der Waals surface area contributed by atoms with E-state index in [1.54, 1.807) is 0 Å². The molecule has 0 unspecified atom stereocenters. The Morgan fingerprint density at radius 2 is 1.73 bits per heavy atom. The first-order valence-corrected chi connectivity index (χ1v) is 10.8. The van der Waals surface area contributed by atoms with Gasteiger partial charge in [-0.25, -0.2) is 0 Å². The summed E-state index contributed by atoms with van der Waals surface area (Å²) >= 11 is 0. The van der Waals surface area contributed by atoms with E-state index >= 15 is 0 Å². The quantitative estimate of drug-likeness (QED) is 0.501. The first-order chi connectivity index (χ1) is 14.6. The highest BCUT2D eigenvalue weighted by Crippen LogP contribution is 2.24. The SMILES string of the molecule is CCN(CC)CCC[C@H](C)NC(=O)c1ccc(-c2cc(-c3ccccc3)n[nH]2)cc1. The molecule has 0 aliphatic rings. The molecule has 5 nitrogen and oxygen atoms in total. The minimum absolute atomic E-state index is 0.0218. The minimum atomic E-state index is -0.0218. The fraction of sp³-hybridized carbons (Fsp3) is 0.360. The summed E-state index contributed by atoms with van der Waals surface area (Å²) in [5.41, 5.74) is 4.60. The van der Waals surface area contributed by atoms with Crippen LogP contribution in [0.4, 0.5) is 0 Å². The van der Waals surface area contributed by atoms with Gasteiger partial charge < -0.3 is 10.2 Å². The van der Waals surface area contributed by atoms with Crippen molar-refractivity contribution in [2.45, 2.75) is 39.7 Å². The molecular weight excluding hydrogens is 372 g/mol. The number of benzene rings is 2. The molecule has 0 spiro atoms. The molecule has 158 valence electrons. The number of aromatic amines is 1. The van der Waals surface area contributed by atoms with E-state index < -0.39 is 0 Å². The predicted molar refractivity (Wildman–Crippen MR) is 123 cm³/mol. The molecule has 2 N–H and O–H groups in total. The van der Waals surface area contributed by atoms with E-state index in [1.807, 2.05) is 60.7 Å². The Morgan fingerprint density at radius 1 is 1.03 bits per heavy atom. The lowest BCUT2D eigenvalue weighted by atomic mass is 10.1. The molecule has 0 bridgehead atoms. The molecule has 30 heavy (non-hydrogen) atoms. The summed E-state index contributed by atoms with van der Waals surface area (Å²) in [5.74, 6) is -0.0218. The van der Waals surface area contributed by atoms with Crippen LogP contribution in [0, 0.1) is 0 Å². The van der Waals surface area contributed by atoms with E-state index in [1.165, 1.54) is 0 Å². The van der Waals surface area contributed by atoms with Crippen LogP contribution < -0.4 is 5.32 Å². The van der Waals surface area contributed by atoms with Crippen LogP contribution in [0.5, 0.6) is 0 Å². The molecule has 0 saturated carbocycles. The van der Waals surface area contributed by atoms with Crippen LogP contribution in [-0.2, 0) is 0 Å². The smallest absolute Gasteiger partial charge is 0.251 e. The third-order valence-electron chi connectivity index (χ3n) is 5.49. The van der Waals surface area contributed by atoms with Gasteiger partial charge in [0.25, 0.3) is 5.91 Å². The van der Waals surface area contributed by atoms with E-state index in [-0.39, 0.29) is 11.9 Å². The maximum absolute atomic E-state index is 12.6. The monoisotopic (exact) mass is 404 g/mol. The van der Waals surface area contributed by atoms with Crippen molar-refractivity contribution in [3.8, 4) is 22.5 Å². The number of carbonyl (C=O) groups excluding carboxylic acids is 1. The second-order valence-corrected chi connectivity index (χ2v) is 7.65. The van der Waals surface area contributed by atoms with Crippen LogP contribution in [0.15, 0.2) is 60.7 Å². The number of nitrogens with one attached hydrogen (secondary N) is 2. The minimum Gasteiger partial charge on any atom is -0.350 e. The maximum Gasteiger partial charge on any atom is 0.251 e. The molecule has 0 saturated heterocycles. The average Bonchev–Trinajstić information content (AvgIpc) is 3.28. The summed E-state index contributed by atoms with van der Waals surface area (Å²) < 4.78 is 0. The molecule has 3 rings (SSSR count). The van der Waals surface area contributed by atoms with Crippen molar-refractivity contribution >= 4 is 5.91 Å². The van der Waals surface area contributed by atoms with E-state index in [9.17, 15) is 4.79 Å². The molecule has 0 aliphatic heterocycles. The summed E-state index contributed by atoms with van der Waals surface area (Å²) in [7, 11) is 0. The molecule has 1 amide bonds. The lowest BCUT2D eigenvalue weighted by Gasteiger charge is -2.19. The van der Waals surface area contributed by atoms with Crippen LogP contribution in [0.1, 0.15) is 44.0 Å². The number of amides is 1. The molecule has 5 heteroatoms. The number of carbonyl (C=O) groups is 1. The van der Waals surface area contributed by atoms with Gasteiger partial charge in [0.05, 0.1) is 11.4 Å².